The van der Waals surface area contributed by atoms with Gasteiger partial charge in [0.2, 0.25) is 11.4 Å². The summed E-state index contributed by atoms with van der Waals surface area (Å²) in [5, 5.41) is 54.0. The van der Waals surface area contributed by atoms with Crippen LogP contribution in [0.5, 0.6) is 0 Å². The number of anilines is 5. The van der Waals surface area contributed by atoms with E-state index in [0.717, 1.165) is 102 Å². The molecule has 5 N–H and O–H groups in total. The summed E-state index contributed by atoms with van der Waals surface area (Å²) >= 11 is 17.8. The van der Waals surface area contributed by atoms with E-state index in [-0.39, 0.29) is 95.3 Å². The van der Waals surface area contributed by atoms with E-state index in [2.05, 4.69) is 24.2 Å². The summed E-state index contributed by atoms with van der Waals surface area (Å²) in [6, 6.07) is 38.0. The molecule has 736 valence electrons. The fourth-order valence-corrected chi connectivity index (χ4v) is 17.4. The molecule has 0 saturated heterocycles. The number of halogens is 18. The highest BCUT2D eigenvalue weighted by atomic mass is 35.5. The van der Waals surface area contributed by atoms with E-state index in [1.165, 1.54) is 89.2 Å². The van der Waals surface area contributed by atoms with Crippen LogP contribution >= 0.6 is 34.8 Å². The summed E-state index contributed by atoms with van der Waals surface area (Å²) in [6.07, 6.45) is -12.4. The number of nitrogens with zero attached hydrogens (tertiary/aromatic N) is 10. The molecule has 20 nitrogen and oxygen atoms in total. The van der Waals surface area contributed by atoms with E-state index < -0.39 is 145 Å². The van der Waals surface area contributed by atoms with E-state index >= 15 is 0 Å². The van der Waals surface area contributed by atoms with Gasteiger partial charge in [0.1, 0.15) is 39.6 Å². The topological polar surface area (TPSA) is 224 Å². The largest absolute Gasteiger partial charge is 0.407 e. The Balaban J connectivity index is 0.000000169. The fourth-order valence-electron chi connectivity index (χ4n) is 16.7. The van der Waals surface area contributed by atoms with Gasteiger partial charge >= 0.3 is 18.5 Å². The van der Waals surface area contributed by atoms with Gasteiger partial charge in [-0.2, -0.15) is 39.5 Å². The van der Waals surface area contributed by atoms with Gasteiger partial charge in [-0.05, 0) is 165 Å². The Labute approximate surface area is 816 Å². The number of fused-ring (bicyclic) bond motifs is 5. The van der Waals surface area contributed by atoms with Crippen molar-refractivity contribution in [2.75, 3.05) is 89.9 Å². The Kier molecular flexibility index (Phi) is 33.5. The maximum atomic E-state index is 13.8. The van der Waals surface area contributed by atoms with Crippen LogP contribution in [0.1, 0.15) is 107 Å². The van der Waals surface area contributed by atoms with Crippen LogP contribution in [0.25, 0.3) is 24.2 Å². The molecule has 0 fully saturated rings. The highest BCUT2D eigenvalue weighted by molar-refractivity contribution is 6.34. The number of β-amino-alcohol motifs (C(OH)–C–C–N with tert-alkyl or cyclic N) is 5. The van der Waals surface area contributed by atoms with Crippen molar-refractivity contribution >= 4 is 121 Å². The van der Waals surface area contributed by atoms with Crippen LogP contribution in [0.15, 0.2) is 170 Å². The Bertz CT molecular complexity index is 6570. The number of carbonyl (C=O) groups is 5. The monoisotopic (exact) mass is 2010 g/mol. The Morgan fingerprint density at radius 3 is 0.837 bits per heavy atom. The number of benzene rings is 10. The molecule has 0 radical (unpaired) electrons. The number of ketones is 5. The van der Waals surface area contributed by atoms with Gasteiger partial charge in [-0.1, -0.05) is 150 Å². The summed E-state index contributed by atoms with van der Waals surface area (Å²) < 4.78 is 199. The Morgan fingerprint density at radius 1 is 0.291 bits per heavy atom. The standard InChI is InChI=1S/C21H17ClF4N2O2.C21H17F5N2O2.C21H19F3N2O2.C20H17ClF2N2O2.C20H18ClFN2O2/c2*1-20(30,11-28-6-5-13-9-15(22)16(23)10-18(13)28)19(29)8-12-3-4-17(27-2)14(7-12)21(24,25)26;1-20(28,13-26-10-9-15-5-3-4-6-18(15)26)19(27)12-14-7-8-17(25-2)16(11-14)21(22,23)24;1-20(27,19(26)8-12-3-4-17(24-2)14(21)7-12)11-25-6-5-13-9-15(22)16(23)10-18(13)25;1-20(26,12-24-8-7-14-4-5-15(22)11-18(14)24)19(25)10-13-3-6-17(23-2)16(21)9-13/h2*3-4,7,9-10,30H,5-6,8,11H2,1H3;3-8,11,28H,9-10,12-13H2,1H3;3-4,7,9-10,27H,5-6,8,11H2,1H3;3-6,9,11,26H,7-8,10,12H2,1H3/t5*20-/m00000/s1. The van der Waals surface area contributed by atoms with E-state index in [0.29, 0.717) is 103 Å². The molecule has 15 rings (SSSR count). The summed E-state index contributed by atoms with van der Waals surface area (Å²) in [4.78, 5) is 86.9. The molecular formula is C103H88Cl3F15N10O10. The molecule has 5 heterocycles. The smallest absolute Gasteiger partial charge is 0.380 e. The summed E-state index contributed by atoms with van der Waals surface area (Å²) in [6.45, 7) is 43.6. The van der Waals surface area contributed by atoms with Crippen LogP contribution in [0, 0.1) is 67.8 Å². The maximum absolute atomic E-state index is 13.8. The first-order chi connectivity index (χ1) is 66.0. The number of carbonyl (C=O) groups excluding carboxylic acids is 5. The van der Waals surface area contributed by atoms with Crippen molar-refractivity contribution in [2.45, 2.75) is 145 Å². The minimum Gasteiger partial charge on any atom is -0.380 e. The molecule has 0 bridgehead atoms. The molecule has 0 spiro atoms. The maximum Gasteiger partial charge on any atom is 0.407 e. The minimum atomic E-state index is -4.75. The van der Waals surface area contributed by atoms with E-state index in [1.807, 2.05) is 34.1 Å². The van der Waals surface area contributed by atoms with Gasteiger partial charge in [-0.25, -0.2) is 50.6 Å². The van der Waals surface area contributed by atoms with Crippen molar-refractivity contribution in [3.8, 4) is 0 Å². The van der Waals surface area contributed by atoms with Gasteiger partial charge < -0.3 is 50.0 Å². The van der Waals surface area contributed by atoms with E-state index in [1.54, 1.807) is 45.0 Å². The number of aliphatic hydroxyl groups is 5. The van der Waals surface area contributed by atoms with Crippen LogP contribution in [-0.4, -0.2) is 148 Å². The lowest BCUT2D eigenvalue weighted by molar-refractivity contribution is -0.137. The third-order valence-corrected chi connectivity index (χ3v) is 25.3. The average Bonchev–Trinajstić information content (AvgIpc) is 1.79. The number of rotatable bonds is 25. The van der Waals surface area contributed by atoms with E-state index in [9.17, 15) is 115 Å². The SMILES string of the molecule is [C-]#[N+]c1ccc(CC(=O)[C@@](C)(O)CN2CCc3cc(Cl)c(F)cc32)cc1C(F)(F)F.[C-]#[N+]c1ccc(CC(=O)[C@@](C)(O)CN2CCc3cc(F)c(F)cc32)cc1C(F)(F)F.[C-]#[N+]c1ccc(CC(=O)[C@@](C)(O)CN2CCc3cc(F)c(F)cc32)cc1Cl.[C-]#[N+]c1ccc(CC(=O)[C@@](C)(O)CN2CCc3ccc(F)cc32)cc1Cl.[C-]#[N+]c1ccc(CC(=O)[C@@](C)(O)CN2CCc3ccccc32)cc1C(F)(F)F. The third-order valence-electron chi connectivity index (χ3n) is 24.4. The Morgan fingerprint density at radius 2 is 0.539 bits per heavy atom. The molecule has 0 saturated carbocycles. The number of hydrogen-bond donors (Lipinski definition) is 5. The number of hydrogen-bond acceptors (Lipinski definition) is 15. The average molecular weight is 2020 g/mol. The number of para-hydroxylation sites is 1. The summed E-state index contributed by atoms with van der Waals surface area (Å²) in [7, 11) is 0. The second-order valence-corrected chi connectivity index (χ2v) is 36.7. The van der Waals surface area contributed by atoms with Crippen molar-refractivity contribution < 1.29 is 115 Å². The molecule has 38 heteroatoms. The first kappa shape index (κ1) is 108. The lowest BCUT2D eigenvalue weighted by atomic mass is 9.93. The van der Waals surface area contributed by atoms with Crippen molar-refractivity contribution in [3.63, 3.8) is 0 Å². The molecule has 10 aromatic rings. The van der Waals surface area contributed by atoms with Crippen molar-refractivity contribution in [1.82, 2.24) is 0 Å². The lowest BCUT2D eigenvalue weighted by Crippen LogP contribution is -2.47. The second-order valence-electron chi connectivity index (χ2n) is 35.5. The van der Waals surface area contributed by atoms with Crippen molar-refractivity contribution in [3.05, 3.63) is 349 Å². The van der Waals surface area contributed by atoms with Crippen LogP contribution in [0.4, 0.5) is 123 Å². The van der Waals surface area contributed by atoms with Crippen LogP contribution in [0.3, 0.4) is 0 Å². The zero-order valence-corrected chi connectivity index (χ0v) is 78.1. The van der Waals surface area contributed by atoms with Crippen molar-refractivity contribution in [2.24, 2.45) is 0 Å². The molecule has 0 aliphatic carbocycles. The van der Waals surface area contributed by atoms with E-state index in [4.69, 9.17) is 67.7 Å². The van der Waals surface area contributed by atoms with Crippen LogP contribution in [-0.2, 0) is 107 Å². The van der Waals surface area contributed by atoms with Gasteiger partial charge in [0.05, 0.1) is 87.3 Å². The number of alkyl halides is 9. The van der Waals surface area contributed by atoms with Crippen molar-refractivity contribution in [1.29, 1.82) is 0 Å². The fraction of sp³-hybridized carbons (Fsp3) is 0.320. The number of Topliss-reactive ketones (excluding diaryl/α,β-unsaturated/α-hetero) is 5. The first-order valence-electron chi connectivity index (χ1n) is 43.3. The van der Waals surface area contributed by atoms with Gasteiger partial charge in [0.25, 0.3) is 0 Å². The molecule has 5 atom stereocenters. The summed E-state index contributed by atoms with van der Waals surface area (Å²) in [5.41, 5.74) is -4.58. The molecule has 141 heavy (non-hydrogen) atoms. The van der Waals surface area contributed by atoms with Gasteiger partial charge in [-0.3, -0.25) is 24.0 Å². The first-order valence-corrected chi connectivity index (χ1v) is 44.5. The normalized spacial score (nSPS) is 15.4. The molecule has 10 aromatic carbocycles. The predicted octanol–water partition coefficient (Wildman–Crippen LogP) is 21.7. The quantitative estimate of drug-likeness (QED) is 0.0265. The van der Waals surface area contributed by atoms with Crippen LogP contribution < -0.4 is 24.5 Å². The molecule has 5 aliphatic rings. The molecule has 0 unspecified atom stereocenters. The molecular weight excluding hydrogens is 1930 g/mol. The molecule has 0 aromatic heterocycles. The van der Waals surface area contributed by atoms with Gasteiger partial charge in [0, 0.05) is 115 Å². The lowest BCUT2D eigenvalue weighted by Gasteiger charge is -2.29. The predicted molar refractivity (Wildman–Crippen MR) is 502 cm³/mol. The van der Waals surface area contributed by atoms with Crippen LogP contribution in [0.2, 0.25) is 15.1 Å². The molecule has 5 aliphatic heterocycles. The summed E-state index contributed by atoms with van der Waals surface area (Å²) in [5.74, 6) is -7.62. The Hall–Kier alpha value is -13.4. The second kappa shape index (κ2) is 43.8. The molecule has 0 amide bonds. The highest BCUT2D eigenvalue weighted by Crippen LogP contribution is 2.44. The van der Waals surface area contributed by atoms with Gasteiger partial charge in [-0.15, -0.1) is 0 Å². The third kappa shape index (κ3) is 26.7. The zero-order valence-electron chi connectivity index (χ0n) is 75.9. The zero-order chi connectivity index (χ0) is 104. The minimum absolute atomic E-state index is 0.00878. The highest BCUT2D eigenvalue weighted by Gasteiger charge is 2.44. The van der Waals surface area contributed by atoms with Gasteiger partial charge in [0.15, 0.2) is 69.2 Å².